The van der Waals surface area contributed by atoms with Gasteiger partial charge in [0.1, 0.15) is 0 Å². The molecular weight excluding hydrogens is 276 g/mol. The second kappa shape index (κ2) is 6.40. The van der Waals surface area contributed by atoms with Crippen LogP contribution in [0.4, 0.5) is 5.69 Å². The Labute approximate surface area is 131 Å². The molecule has 22 heavy (non-hydrogen) atoms. The summed E-state index contributed by atoms with van der Waals surface area (Å²) in [6.07, 6.45) is 2.76. The molecule has 0 amide bonds. The van der Waals surface area contributed by atoms with Gasteiger partial charge in [0.25, 0.3) is 0 Å². The van der Waals surface area contributed by atoms with E-state index in [1.807, 2.05) is 13.1 Å². The fourth-order valence-electron chi connectivity index (χ4n) is 3.05. The number of para-hydroxylation sites is 1. The summed E-state index contributed by atoms with van der Waals surface area (Å²) in [4.78, 5) is 19.4. The average molecular weight is 300 g/mol. The van der Waals surface area contributed by atoms with Crippen molar-refractivity contribution in [1.82, 2.24) is 14.5 Å². The first kappa shape index (κ1) is 14.9. The Bertz CT molecular complexity index is 680. The summed E-state index contributed by atoms with van der Waals surface area (Å²) in [5, 5.41) is 0. The number of nitrogens with zero attached hydrogens (tertiary/aromatic N) is 3. The molecule has 5 heteroatoms. The molecule has 0 saturated carbocycles. The van der Waals surface area contributed by atoms with E-state index in [-0.39, 0.29) is 5.69 Å². The number of hydrogen-bond acceptors (Lipinski definition) is 3. The van der Waals surface area contributed by atoms with Crippen molar-refractivity contribution in [3.8, 4) is 0 Å². The molecule has 1 aliphatic heterocycles. The van der Waals surface area contributed by atoms with E-state index < -0.39 is 0 Å². The first-order valence-corrected chi connectivity index (χ1v) is 7.91. The molecule has 1 aliphatic rings. The van der Waals surface area contributed by atoms with Gasteiger partial charge in [-0.15, -0.1) is 0 Å². The van der Waals surface area contributed by atoms with Gasteiger partial charge in [-0.05, 0) is 32.0 Å². The highest BCUT2D eigenvalue weighted by Crippen LogP contribution is 2.22. The quantitative estimate of drug-likeness (QED) is 0.930. The van der Waals surface area contributed by atoms with Gasteiger partial charge in [0.15, 0.2) is 0 Å². The number of likely N-dealkylation sites (N-methyl/N-ethyl adjacent to an activating group) is 1. The van der Waals surface area contributed by atoms with Gasteiger partial charge >= 0.3 is 5.69 Å². The SMILES string of the molecule is Cc1cn(CCc2ccccc2N2CCN(C)CC2)c(=O)[nH]1. The molecule has 0 bridgehead atoms. The van der Waals surface area contributed by atoms with Crippen molar-refractivity contribution in [1.29, 1.82) is 0 Å². The summed E-state index contributed by atoms with van der Waals surface area (Å²) in [6.45, 7) is 6.97. The first-order valence-electron chi connectivity index (χ1n) is 7.91. The predicted molar refractivity (Wildman–Crippen MR) is 89.6 cm³/mol. The smallest absolute Gasteiger partial charge is 0.325 e. The van der Waals surface area contributed by atoms with E-state index in [0.717, 1.165) is 38.3 Å². The van der Waals surface area contributed by atoms with Crippen molar-refractivity contribution in [3.63, 3.8) is 0 Å². The average Bonchev–Trinajstić information content (AvgIpc) is 2.84. The maximum atomic E-state index is 11.8. The summed E-state index contributed by atoms with van der Waals surface area (Å²) in [5.74, 6) is 0. The van der Waals surface area contributed by atoms with Gasteiger partial charge in [-0.1, -0.05) is 18.2 Å². The van der Waals surface area contributed by atoms with E-state index >= 15 is 0 Å². The van der Waals surface area contributed by atoms with E-state index in [2.05, 4.69) is 46.1 Å². The maximum Gasteiger partial charge on any atom is 0.325 e. The molecule has 2 aromatic rings. The lowest BCUT2D eigenvalue weighted by molar-refractivity contribution is 0.312. The molecule has 5 nitrogen and oxygen atoms in total. The number of aryl methyl sites for hydroxylation is 3. The zero-order valence-electron chi connectivity index (χ0n) is 13.4. The number of piperazine rings is 1. The van der Waals surface area contributed by atoms with Crippen molar-refractivity contribution in [3.05, 3.63) is 52.2 Å². The lowest BCUT2D eigenvalue weighted by atomic mass is 10.1. The number of nitrogens with one attached hydrogen (secondary N) is 1. The number of H-pyrrole nitrogens is 1. The van der Waals surface area contributed by atoms with E-state index in [4.69, 9.17) is 0 Å². The summed E-state index contributed by atoms with van der Waals surface area (Å²) in [7, 11) is 2.17. The normalized spacial score (nSPS) is 16.2. The van der Waals surface area contributed by atoms with Crippen LogP contribution in [0.5, 0.6) is 0 Å². The standard InChI is InChI=1S/C17H24N4O/c1-14-13-21(17(22)18-14)8-7-15-5-3-4-6-16(15)20-11-9-19(2)10-12-20/h3-6,13H,7-12H2,1-2H3,(H,18,22). The number of imidazole rings is 1. The Morgan fingerprint density at radius 3 is 2.55 bits per heavy atom. The van der Waals surface area contributed by atoms with Crippen molar-refractivity contribution >= 4 is 5.69 Å². The monoisotopic (exact) mass is 300 g/mol. The molecule has 0 unspecified atom stereocenters. The van der Waals surface area contributed by atoms with Crippen LogP contribution in [0, 0.1) is 6.92 Å². The number of anilines is 1. The molecule has 0 spiro atoms. The third-order valence-electron chi connectivity index (χ3n) is 4.37. The topological polar surface area (TPSA) is 44.3 Å². The largest absolute Gasteiger partial charge is 0.369 e. The van der Waals surface area contributed by atoms with Gasteiger partial charge in [0.05, 0.1) is 0 Å². The molecule has 2 heterocycles. The Balaban J connectivity index is 1.74. The van der Waals surface area contributed by atoms with Gasteiger partial charge < -0.3 is 14.8 Å². The van der Waals surface area contributed by atoms with Crippen molar-refractivity contribution < 1.29 is 0 Å². The molecule has 1 N–H and O–H groups in total. The van der Waals surface area contributed by atoms with Gasteiger partial charge in [0.2, 0.25) is 0 Å². The number of benzene rings is 1. The van der Waals surface area contributed by atoms with Crippen LogP contribution in [-0.4, -0.2) is 47.7 Å². The maximum absolute atomic E-state index is 11.8. The minimum atomic E-state index is -0.0189. The van der Waals surface area contributed by atoms with E-state index in [0.29, 0.717) is 6.54 Å². The van der Waals surface area contributed by atoms with Crippen LogP contribution in [0.15, 0.2) is 35.3 Å². The molecule has 0 atom stereocenters. The molecule has 1 fully saturated rings. The Hall–Kier alpha value is -2.01. The number of aromatic nitrogens is 2. The van der Waals surface area contributed by atoms with Crippen LogP contribution < -0.4 is 10.6 Å². The van der Waals surface area contributed by atoms with Gasteiger partial charge in [-0.3, -0.25) is 4.57 Å². The predicted octanol–water partition coefficient (Wildman–Crippen LogP) is 1.48. The molecule has 1 aromatic carbocycles. The van der Waals surface area contributed by atoms with Crippen LogP contribution in [0.2, 0.25) is 0 Å². The molecule has 0 radical (unpaired) electrons. The Morgan fingerprint density at radius 1 is 1.14 bits per heavy atom. The molecule has 1 aromatic heterocycles. The molecule has 3 rings (SSSR count). The van der Waals surface area contributed by atoms with E-state index in [1.54, 1.807) is 4.57 Å². The Morgan fingerprint density at radius 2 is 1.86 bits per heavy atom. The van der Waals surface area contributed by atoms with Crippen LogP contribution in [-0.2, 0) is 13.0 Å². The summed E-state index contributed by atoms with van der Waals surface area (Å²) < 4.78 is 1.76. The van der Waals surface area contributed by atoms with E-state index in [1.165, 1.54) is 11.3 Å². The van der Waals surface area contributed by atoms with Crippen molar-refractivity contribution in [2.45, 2.75) is 19.9 Å². The highest BCUT2D eigenvalue weighted by molar-refractivity contribution is 5.54. The lowest BCUT2D eigenvalue weighted by Gasteiger charge is -2.35. The minimum Gasteiger partial charge on any atom is -0.369 e. The third kappa shape index (κ3) is 3.25. The molecule has 1 saturated heterocycles. The number of rotatable bonds is 4. The summed E-state index contributed by atoms with van der Waals surface area (Å²) in [6, 6.07) is 8.56. The van der Waals surface area contributed by atoms with Crippen LogP contribution in [0.3, 0.4) is 0 Å². The third-order valence-corrected chi connectivity index (χ3v) is 4.37. The zero-order valence-corrected chi connectivity index (χ0v) is 13.4. The van der Waals surface area contributed by atoms with Crippen LogP contribution in [0.1, 0.15) is 11.3 Å². The molecule has 0 aliphatic carbocycles. The fraction of sp³-hybridized carbons (Fsp3) is 0.471. The molecule has 118 valence electrons. The van der Waals surface area contributed by atoms with Gasteiger partial charge in [0, 0.05) is 50.3 Å². The highest BCUT2D eigenvalue weighted by atomic mass is 16.1. The first-order chi connectivity index (χ1) is 10.6. The number of aromatic amines is 1. The number of hydrogen-bond donors (Lipinski definition) is 1. The summed E-state index contributed by atoms with van der Waals surface area (Å²) >= 11 is 0. The van der Waals surface area contributed by atoms with Crippen molar-refractivity contribution in [2.75, 3.05) is 38.1 Å². The van der Waals surface area contributed by atoms with Crippen LogP contribution in [0.25, 0.3) is 0 Å². The lowest BCUT2D eigenvalue weighted by Crippen LogP contribution is -2.44. The molecular formula is C17H24N4O. The minimum absolute atomic E-state index is 0.0189. The van der Waals surface area contributed by atoms with Crippen molar-refractivity contribution in [2.24, 2.45) is 0 Å². The van der Waals surface area contributed by atoms with Crippen LogP contribution >= 0.6 is 0 Å². The highest BCUT2D eigenvalue weighted by Gasteiger charge is 2.16. The second-order valence-corrected chi connectivity index (χ2v) is 6.10. The second-order valence-electron chi connectivity index (χ2n) is 6.10. The van der Waals surface area contributed by atoms with Gasteiger partial charge in [-0.25, -0.2) is 4.79 Å². The van der Waals surface area contributed by atoms with E-state index in [9.17, 15) is 4.79 Å². The summed E-state index contributed by atoms with van der Waals surface area (Å²) in [5.41, 5.74) is 3.53. The Kier molecular flexibility index (Phi) is 4.34. The zero-order chi connectivity index (χ0) is 15.5. The fourth-order valence-corrected chi connectivity index (χ4v) is 3.05. The van der Waals surface area contributed by atoms with Gasteiger partial charge in [-0.2, -0.15) is 0 Å².